The fraction of sp³-hybridized carbons (Fsp3) is 0.333. The summed E-state index contributed by atoms with van der Waals surface area (Å²) in [4.78, 5) is 26.0. The number of hydrogen-bond acceptors (Lipinski definition) is 5. The molecule has 2 rings (SSSR count). The number of aromatic nitrogens is 2. The van der Waals surface area contributed by atoms with E-state index in [0.29, 0.717) is 30.1 Å². The number of carboxylic acid groups (broad SMARTS) is 1. The molecule has 1 aromatic carbocycles. The van der Waals surface area contributed by atoms with E-state index >= 15 is 0 Å². The van der Waals surface area contributed by atoms with Crippen LogP contribution in [-0.2, 0) is 16.0 Å². The van der Waals surface area contributed by atoms with Crippen molar-refractivity contribution in [1.29, 1.82) is 0 Å². The molecule has 0 bridgehead atoms. The van der Waals surface area contributed by atoms with Crippen LogP contribution in [0.25, 0.3) is 11.4 Å². The molecule has 7 nitrogen and oxygen atoms in total. The third-order valence-electron chi connectivity index (χ3n) is 3.03. The van der Waals surface area contributed by atoms with E-state index in [1.807, 2.05) is 0 Å². The summed E-state index contributed by atoms with van der Waals surface area (Å²) in [5, 5.41) is 14.8. The number of benzene rings is 1. The van der Waals surface area contributed by atoms with Crippen LogP contribution < -0.4 is 5.32 Å². The fourth-order valence-electron chi connectivity index (χ4n) is 1.87. The molecule has 0 radical (unpaired) electrons. The Morgan fingerprint density at radius 3 is 2.65 bits per heavy atom. The second-order valence-corrected chi connectivity index (χ2v) is 4.87. The van der Waals surface area contributed by atoms with Crippen LogP contribution in [0, 0.1) is 5.82 Å². The standard InChI is InChI=1S/C15H16FN3O4/c16-11-6-4-10(5-7-11)15-18-13(23-19-15)3-1-2-12(20)17-9-8-14(21)22/h4-7H,1-3,8-9H2,(H,17,20)(H,21,22). The zero-order valence-electron chi connectivity index (χ0n) is 12.3. The molecule has 0 aliphatic heterocycles. The zero-order valence-corrected chi connectivity index (χ0v) is 12.3. The molecule has 0 saturated carbocycles. The normalized spacial score (nSPS) is 10.5. The largest absolute Gasteiger partial charge is 0.481 e. The van der Waals surface area contributed by atoms with E-state index in [4.69, 9.17) is 9.63 Å². The Morgan fingerprint density at radius 1 is 1.22 bits per heavy atom. The molecular weight excluding hydrogens is 305 g/mol. The Labute approximate surface area is 131 Å². The van der Waals surface area contributed by atoms with E-state index in [1.54, 1.807) is 12.1 Å². The second-order valence-electron chi connectivity index (χ2n) is 4.87. The number of carboxylic acids is 1. The van der Waals surface area contributed by atoms with Gasteiger partial charge in [-0.3, -0.25) is 9.59 Å². The smallest absolute Gasteiger partial charge is 0.305 e. The molecule has 2 N–H and O–H groups in total. The summed E-state index contributed by atoms with van der Waals surface area (Å²) in [5.41, 5.74) is 0.646. The highest BCUT2D eigenvalue weighted by atomic mass is 19.1. The van der Waals surface area contributed by atoms with E-state index < -0.39 is 5.97 Å². The van der Waals surface area contributed by atoms with Crippen molar-refractivity contribution in [3.63, 3.8) is 0 Å². The highest BCUT2D eigenvalue weighted by Gasteiger charge is 2.10. The van der Waals surface area contributed by atoms with Gasteiger partial charge in [-0.2, -0.15) is 4.98 Å². The number of nitrogens with zero attached hydrogens (tertiary/aromatic N) is 2. The first-order valence-corrected chi connectivity index (χ1v) is 7.11. The van der Waals surface area contributed by atoms with E-state index in [1.165, 1.54) is 12.1 Å². The van der Waals surface area contributed by atoms with Crippen molar-refractivity contribution in [2.24, 2.45) is 0 Å². The van der Waals surface area contributed by atoms with Gasteiger partial charge in [0.15, 0.2) is 0 Å². The molecule has 0 fully saturated rings. The van der Waals surface area contributed by atoms with Gasteiger partial charge in [0.25, 0.3) is 0 Å². The lowest BCUT2D eigenvalue weighted by molar-refractivity contribution is -0.136. The number of carbonyl (C=O) groups is 2. The molecule has 8 heteroatoms. The summed E-state index contributed by atoms with van der Waals surface area (Å²) in [6.07, 6.45) is 1.08. The average molecular weight is 321 g/mol. The van der Waals surface area contributed by atoms with Gasteiger partial charge in [-0.1, -0.05) is 5.16 Å². The number of nitrogens with one attached hydrogen (secondary N) is 1. The van der Waals surface area contributed by atoms with Gasteiger partial charge >= 0.3 is 5.97 Å². The number of halogens is 1. The van der Waals surface area contributed by atoms with E-state index in [2.05, 4.69) is 15.5 Å². The minimum absolute atomic E-state index is 0.101. The lowest BCUT2D eigenvalue weighted by Gasteiger charge is -2.01. The van der Waals surface area contributed by atoms with Gasteiger partial charge in [-0.25, -0.2) is 4.39 Å². The van der Waals surface area contributed by atoms with Gasteiger partial charge in [0.1, 0.15) is 5.82 Å². The van der Waals surface area contributed by atoms with Crippen LogP contribution in [0.3, 0.4) is 0 Å². The Kier molecular flexibility index (Phi) is 5.79. The van der Waals surface area contributed by atoms with Crippen LogP contribution in [0.15, 0.2) is 28.8 Å². The van der Waals surface area contributed by atoms with Gasteiger partial charge in [0.05, 0.1) is 6.42 Å². The van der Waals surface area contributed by atoms with Crippen molar-refractivity contribution in [2.45, 2.75) is 25.7 Å². The number of aryl methyl sites for hydroxylation is 1. The van der Waals surface area contributed by atoms with Crippen LogP contribution in [0.2, 0.25) is 0 Å². The minimum Gasteiger partial charge on any atom is -0.481 e. The number of carbonyl (C=O) groups excluding carboxylic acids is 1. The van der Waals surface area contributed by atoms with Gasteiger partial charge < -0.3 is 14.9 Å². The molecule has 2 aromatic rings. The quantitative estimate of drug-likeness (QED) is 0.768. The zero-order chi connectivity index (χ0) is 16.7. The van der Waals surface area contributed by atoms with Crippen molar-refractivity contribution in [3.05, 3.63) is 36.0 Å². The topological polar surface area (TPSA) is 105 Å². The Balaban J connectivity index is 1.75. The monoisotopic (exact) mass is 321 g/mol. The Morgan fingerprint density at radius 2 is 1.96 bits per heavy atom. The third-order valence-corrected chi connectivity index (χ3v) is 3.03. The molecular formula is C15H16FN3O4. The first-order chi connectivity index (χ1) is 11.0. The Hall–Kier alpha value is -2.77. The molecule has 1 heterocycles. The number of hydrogen-bond donors (Lipinski definition) is 2. The van der Waals surface area contributed by atoms with Crippen LogP contribution in [0.5, 0.6) is 0 Å². The maximum atomic E-state index is 12.8. The van der Waals surface area contributed by atoms with E-state index in [-0.39, 0.29) is 31.1 Å². The number of aliphatic carboxylic acids is 1. The summed E-state index contributed by atoms with van der Waals surface area (Å²) in [5.74, 6) is -0.756. The van der Waals surface area contributed by atoms with E-state index in [0.717, 1.165) is 0 Å². The lowest BCUT2D eigenvalue weighted by Crippen LogP contribution is -2.25. The molecule has 0 atom stereocenters. The lowest BCUT2D eigenvalue weighted by atomic mass is 10.2. The molecule has 0 saturated heterocycles. The van der Waals surface area contributed by atoms with Gasteiger partial charge in [0.2, 0.25) is 17.6 Å². The predicted octanol–water partition coefficient (Wildman–Crippen LogP) is 1.79. The van der Waals surface area contributed by atoms with Crippen molar-refractivity contribution in [1.82, 2.24) is 15.5 Å². The summed E-state index contributed by atoms with van der Waals surface area (Å²) in [6.45, 7) is 0.115. The molecule has 0 spiro atoms. The maximum absolute atomic E-state index is 12.8. The molecule has 1 amide bonds. The van der Waals surface area contributed by atoms with Crippen molar-refractivity contribution in [2.75, 3.05) is 6.54 Å². The first kappa shape index (κ1) is 16.6. The highest BCUT2D eigenvalue weighted by Crippen LogP contribution is 2.16. The van der Waals surface area contributed by atoms with Crippen molar-refractivity contribution < 1.29 is 23.6 Å². The second kappa shape index (κ2) is 8.02. The van der Waals surface area contributed by atoms with Crippen molar-refractivity contribution >= 4 is 11.9 Å². The molecule has 0 aliphatic rings. The summed E-state index contributed by atoms with van der Waals surface area (Å²) in [6, 6.07) is 5.74. The predicted molar refractivity (Wildman–Crippen MR) is 77.9 cm³/mol. The van der Waals surface area contributed by atoms with Crippen LogP contribution in [0.1, 0.15) is 25.2 Å². The number of rotatable bonds is 8. The van der Waals surface area contributed by atoms with Gasteiger partial charge in [-0.05, 0) is 30.7 Å². The maximum Gasteiger partial charge on any atom is 0.305 e. The molecule has 0 aliphatic carbocycles. The minimum atomic E-state index is -0.954. The van der Waals surface area contributed by atoms with E-state index in [9.17, 15) is 14.0 Å². The summed E-state index contributed by atoms with van der Waals surface area (Å²) >= 11 is 0. The highest BCUT2D eigenvalue weighted by molar-refractivity contribution is 5.76. The molecule has 0 unspecified atom stereocenters. The van der Waals surface area contributed by atoms with Crippen LogP contribution >= 0.6 is 0 Å². The SMILES string of the molecule is O=C(O)CCNC(=O)CCCc1nc(-c2ccc(F)cc2)no1. The molecule has 122 valence electrons. The number of amides is 1. The molecule has 1 aromatic heterocycles. The van der Waals surface area contributed by atoms with Crippen LogP contribution in [-0.4, -0.2) is 33.7 Å². The first-order valence-electron chi connectivity index (χ1n) is 7.11. The summed E-state index contributed by atoms with van der Waals surface area (Å²) in [7, 11) is 0. The van der Waals surface area contributed by atoms with Crippen molar-refractivity contribution in [3.8, 4) is 11.4 Å². The third kappa shape index (κ3) is 5.50. The Bertz CT molecular complexity index is 670. The fourth-order valence-corrected chi connectivity index (χ4v) is 1.87. The summed E-state index contributed by atoms with van der Waals surface area (Å²) < 4.78 is 17.9. The van der Waals surface area contributed by atoms with Gasteiger partial charge in [0, 0.05) is 24.9 Å². The molecule has 23 heavy (non-hydrogen) atoms. The van der Waals surface area contributed by atoms with Crippen LogP contribution in [0.4, 0.5) is 4.39 Å². The average Bonchev–Trinajstić information content (AvgIpc) is 2.96. The van der Waals surface area contributed by atoms with Gasteiger partial charge in [-0.15, -0.1) is 0 Å².